The standard InChI is InChI=1S/C18H14Cl2Si/c1-11(21(19)20)15-9-7-14-6-5-12-3-2-4-13-8-10-16(15)18(14)17(12)13/h2-11,21H,1H3. The lowest BCUT2D eigenvalue weighted by atomic mass is 9.91. The van der Waals surface area contributed by atoms with Crippen molar-refractivity contribution < 1.29 is 0 Å². The van der Waals surface area contributed by atoms with Crippen molar-refractivity contribution in [3.05, 3.63) is 60.2 Å². The largest absolute Gasteiger partial charge is 0.244 e. The summed E-state index contributed by atoms with van der Waals surface area (Å²) in [6, 6.07) is 19.7. The van der Waals surface area contributed by atoms with Gasteiger partial charge in [-0.3, -0.25) is 0 Å². The van der Waals surface area contributed by atoms with Gasteiger partial charge in [0.1, 0.15) is 0 Å². The van der Waals surface area contributed by atoms with E-state index in [0.29, 0.717) is 0 Å². The first-order valence-corrected chi connectivity index (χ1v) is 11.3. The van der Waals surface area contributed by atoms with Crippen molar-refractivity contribution >= 4 is 61.9 Å². The fourth-order valence-corrected chi connectivity index (χ4v) is 4.67. The molecule has 3 heteroatoms. The smallest absolute Gasteiger partial charge is 0.150 e. The van der Waals surface area contributed by atoms with E-state index >= 15 is 0 Å². The molecule has 0 nitrogen and oxygen atoms in total. The summed E-state index contributed by atoms with van der Waals surface area (Å²) in [6.07, 6.45) is 0. The number of benzene rings is 4. The van der Waals surface area contributed by atoms with E-state index in [4.69, 9.17) is 22.2 Å². The Hall–Kier alpha value is -1.28. The van der Waals surface area contributed by atoms with Crippen molar-refractivity contribution in [1.82, 2.24) is 0 Å². The number of hydrogen-bond acceptors (Lipinski definition) is 0. The molecule has 4 aromatic carbocycles. The highest BCUT2D eigenvalue weighted by Crippen LogP contribution is 2.38. The molecule has 0 N–H and O–H groups in total. The Morgan fingerprint density at radius 2 is 1.33 bits per heavy atom. The third-order valence-electron chi connectivity index (χ3n) is 4.43. The Morgan fingerprint density at radius 1 is 0.762 bits per heavy atom. The van der Waals surface area contributed by atoms with Gasteiger partial charge >= 0.3 is 0 Å². The monoisotopic (exact) mass is 328 g/mol. The molecule has 0 aliphatic rings. The molecule has 0 fully saturated rings. The summed E-state index contributed by atoms with van der Waals surface area (Å²) in [7, 11) is -1.74. The summed E-state index contributed by atoms with van der Waals surface area (Å²) >= 11 is 12.5. The van der Waals surface area contributed by atoms with Crippen molar-refractivity contribution in [2.24, 2.45) is 0 Å². The Kier molecular flexibility index (Phi) is 3.11. The van der Waals surface area contributed by atoms with Crippen molar-refractivity contribution in [2.45, 2.75) is 12.5 Å². The Labute approximate surface area is 134 Å². The van der Waals surface area contributed by atoms with Gasteiger partial charge < -0.3 is 0 Å². The molecule has 1 atom stereocenters. The SMILES string of the molecule is CC(c1ccc2ccc3cccc4ccc1c2c34)[SiH](Cl)Cl. The van der Waals surface area contributed by atoms with Crippen LogP contribution in [0.4, 0.5) is 0 Å². The van der Waals surface area contributed by atoms with Gasteiger partial charge in [0.15, 0.2) is 0 Å². The zero-order valence-electron chi connectivity index (χ0n) is 11.6. The van der Waals surface area contributed by atoms with Crippen LogP contribution in [0.5, 0.6) is 0 Å². The van der Waals surface area contributed by atoms with Gasteiger partial charge in [-0.15, -0.1) is 22.2 Å². The van der Waals surface area contributed by atoms with Gasteiger partial charge in [0, 0.05) is 5.54 Å². The minimum Gasteiger partial charge on any atom is -0.150 e. The maximum absolute atomic E-state index is 6.26. The van der Waals surface area contributed by atoms with E-state index in [1.54, 1.807) is 0 Å². The summed E-state index contributed by atoms with van der Waals surface area (Å²) in [5, 5.41) is 7.86. The average molecular weight is 329 g/mol. The summed E-state index contributed by atoms with van der Waals surface area (Å²) in [6.45, 7) is 2.14. The fraction of sp³-hybridized carbons (Fsp3) is 0.111. The molecule has 104 valence electrons. The van der Waals surface area contributed by atoms with E-state index in [-0.39, 0.29) is 5.54 Å². The molecule has 0 aliphatic heterocycles. The molecule has 0 saturated heterocycles. The maximum Gasteiger partial charge on any atom is 0.244 e. The van der Waals surface area contributed by atoms with Gasteiger partial charge in [0.2, 0.25) is 7.42 Å². The third-order valence-corrected chi connectivity index (χ3v) is 7.81. The third kappa shape index (κ3) is 1.96. The number of hydrogen-bond donors (Lipinski definition) is 0. The van der Waals surface area contributed by atoms with E-state index in [1.807, 2.05) is 0 Å². The minimum absolute atomic E-state index is 0.248. The van der Waals surface area contributed by atoms with Gasteiger partial charge in [-0.05, 0) is 37.9 Å². The van der Waals surface area contributed by atoms with Crippen molar-refractivity contribution in [1.29, 1.82) is 0 Å². The van der Waals surface area contributed by atoms with Crippen LogP contribution >= 0.6 is 22.2 Å². The second-order valence-electron chi connectivity index (χ2n) is 5.63. The van der Waals surface area contributed by atoms with E-state index in [1.165, 1.54) is 37.9 Å². The van der Waals surface area contributed by atoms with Gasteiger partial charge in [0.25, 0.3) is 0 Å². The Balaban J connectivity index is 2.20. The molecule has 0 aliphatic carbocycles. The van der Waals surface area contributed by atoms with Crippen LogP contribution in [0.1, 0.15) is 18.0 Å². The topological polar surface area (TPSA) is 0 Å². The summed E-state index contributed by atoms with van der Waals surface area (Å²) in [5.41, 5.74) is 1.53. The zero-order chi connectivity index (χ0) is 14.6. The summed E-state index contributed by atoms with van der Waals surface area (Å²) < 4.78 is 0. The molecule has 0 spiro atoms. The van der Waals surface area contributed by atoms with Crippen molar-refractivity contribution in [3.63, 3.8) is 0 Å². The van der Waals surface area contributed by atoms with Crippen LogP contribution < -0.4 is 0 Å². The molecule has 4 aromatic rings. The Bertz CT molecular complexity index is 930. The van der Waals surface area contributed by atoms with E-state index in [9.17, 15) is 0 Å². The van der Waals surface area contributed by atoms with Crippen LogP contribution in [-0.2, 0) is 0 Å². The lowest BCUT2D eigenvalue weighted by Gasteiger charge is -2.18. The molecular formula is C18H14Cl2Si. The lowest BCUT2D eigenvalue weighted by Crippen LogP contribution is -2.08. The molecule has 0 aromatic heterocycles. The predicted molar refractivity (Wildman–Crippen MR) is 97.4 cm³/mol. The molecule has 4 rings (SSSR count). The first-order valence-electron chi connectivity index (χ1n) is 7.11. The molecule has 21 heavy (non-hydrogen) atoms. The first kappa shape index (κ1) is 13.4. The molecule has 0 saturated carbocycles. The van der Waals surface area contributed by atoms with Gasteiger partial charge in [-0.1, -0.05) is 61.5 Å². The minimum atomic E-state index is -1.74. The van der Waals surface area contributed by atoms with Crippen molar-refractivity contribution in [2.75, 3.05) is 0 Å². The molecule has 0 amide bonds. The van der Waals surface area contributed by atoms with Crippen LogP contribution in [0.2, 0.25) is 0 Å². The van der Waals surface area contributed by atoms with Crippen LogP contribution in [-0.4, -0.2) is 7.42 Å². The summed E-state index contributed by atoms with van der Waals surface area (Å²) in [5.74, 6) is 0. The molecule has 1 unspecified atom stereocenters. The van der Waals surface area contributed by atoms with E-state index in [0.717, 1.165) is 0 Å². The Morgan fingerprint density at radius 3 is 2.00 bits per heavy atom. The van der Waals surface area contributed by atoms with Crippen LogP contribution in [0.3, 0.4) is 0 Å². The molecule has 0 bridgehead atoms. The molecule has 0 radical (unpaired) electrons. The fourth-order valence-electron chi connectivity index (χ4n) is 3.29. The first-order chi connectivity index (χ1) is 10.2. The molecule has 0 heterocycles. The summed E-state index contributed by atoms with van der Waals surface area (Å²) in [4.78, 5) is 0. The second kappa shape index (κ2) is 4.87. The highest BCUT2D eigenvalue weighted by molar-refractivity contribution is 7.34. The van der Waals surface area contributed by atoms with Gasteiger partial charge in [-0.2, -0.15) is 0 Å². The van der Waals surface area contributed by atoms with Crippen LogP contribution in [0.25, 0.3) is 32.3 Å². The highest BCUT2D eigenvalue weighted by atomic mass is 35.7. The molecular weight excluding hydrogens is 315 g/mol. The average Bonchev–Trinajstić information content (AvgIpc) is 2.51. The van der Waals surface area contributed by atoms with Gasteiger partial charge in [-0.25, -0.2) is 0 Å². The second-order valence-corrected chi connectivity index (χ2v) is 10.8. The normalized spacial score (nSPS) is 13.7. The van der Waals surface area contributed by atoms with Gasteiger partial charge in [0.05, 0.1) is 0 Å². The number of rotatable bonds is 2. The van der Waals surface area contributed by atoms with E-state index < -0.39 is 7.42 Å². The quantitative estimate of drug-likeness (QED) is 0.243. The predicted octanol–water partition coefficient (Wildman–Crippen LogP) is 5.92. The van der Waals surface area contributed by atoms with Crippen LogP contribution in [0, 0.1) is 0 Å². The zero-order valence-corrected chi connectivity index (χ0v) is 14.3. The highest BCUT2D eigenvalue weighted by Gasteiger charge is 2.20. The van der Waals surface area contributed by atoms with E-state index in [2.05, 4.69) is 61.5 Å². The van der Waals surface area contributed by atoms with Crippen LogP contribution in [0.15, 0.2) is 54.6 Å². The maximum atomic E-state index is 6.26. The lowest BCUT2D eigenvalue weighted by molar-refractivity contribution is 1.09. The van der Waals surface area contributed by atoms with Crippen molar-refractivity contribution in [3.8, 4) is 0 Å². The number of halogens is 2.